The summed E-state index contributed by atoms with van der Waals surface area (Å²) in [7, 11) is -3.15. The molecule has 0 saturated carbocycles. The molecule has 0 aromatic heterocycles. The Kier molecular flexibility index (Phi) is 9.59. The minimum absolute atomic E-state index is 0.139. The van der Waals surface area contributed by atoms with E-state index in [9.17, 15) is 0 Å². The second-order valence-corrected chi connectivity index (χ2v) is 19.9. The Hall–Kier alpha value is -7.20. The largest absolute Gasteiger partial charge is 0.311 e. The number of rotatable bonds is 10. The first-order valence-corrected chi connectivity index (χ1v) is 22.9. The van der Waals surface area contributed by atoms with Gasteiger partial charge in [-0.05, 0) is 98.1 Å². The van der Waals surface area contributed by atoms with Gasteiger partial charge in [-0.1, -0.05) is 196 Å². The van der Waals surface area contributed by atoms with Crippen LogP contribution in [0.2, 0.25) is 0 Å². The SMILES string of the molecule is CC1(C)c2ccccc2-c2c(N(c3ccccc3)c3ccccc3[Si](c3ccccc3)(c3ccccc3)c3cccc(N(c4ccccc4)c4ccccc4)c3)cccc21. The molecule has 2 nitrogen and oxygen atoms in total. The van der Waals surface area contributed by atoms with Crippen LogP contribution in [0.4, 0.5) is 34.1 Å². The van der Waals surface area contributed by atoms with Gasteiger partial charge in [0.2, 0.25) is 0 Å². The Bertz CT molecular complexity index is 2810. The van der Waals surface area contributed by atoms with Gasteiger partial charge in [0.15, 0.2) is 8.07 Å². The highest BCUT2D eigenvalue weighted by molar-refractivity contribution is 7.20. The molecule has 9 aromatic rings. The number of nitrogens with zero attached hydrogens (tertiary/aromatic N) is 2. The fourth-order valence-electron chi connectivity index (χ4n) is 9.71. The van der Waals surface area contributed by atoms with Crippen molar-refractivity contribution in [1.29, 1.82) is 0 Å². The van der Waals surface area contributed by atoms with Crippen LogP contribution < -0.4 is 30.5 Å². The minimum atomic E-state index is -3.15. The summed E-state index contributed by atoms with van der Waals surface area (Å²) in [6.07, 6.45) is 0. The lowest BCUT2D eigenvalue weighted by Gasteiger charge is -2.39. The van der Waals surface area contributed by atoms with Crippen molar-refractivity contribution in [3.05, 3.63) is 254 Å². The standard InChI is InChI=1S/C57H46N2Si/c1-57(2)51-37-19-18-36-50(51)56-52(57)38-23-40-54(56)59(45-28-12-5-13-29-45)53-39-20-21-41-55(53)60(47-31-14-6-15-32-47,48-33-16-7-17-34-48)49-35-22-30-46(42-49)58(43-24-8-3-9-25-43)44-26-10-4-11-27-44/h3-42H,1-2H3. The van der Waals surface area contributed by atoms with Gasteiger partial charge in [-0.15, -0.1) is 0 Å². The van der Waals surface area contributed by atoms with E-state index in [2.05, 4.69) is 266 Å². The summed E-state index contributed by atoms with van der Waals surface area (Å²) in [5.74, 6) is 0. The van der Waals surface area contributed by atoms with Crippen LogP contribution in [-0.4, -0.2) is 8.07 Å². The van der Waals surface area contributed by atoms with E-state index in [1.165, 1.54) is 54.4 Å². The Morgan fingerprint density at radius 3 is 1.35 bits per heavy atom. The summed E-state index contributed by atoms with van der Waals surface area (Å²) < 4.78 is 0. The van der Waals surface area contributed by atoms with Crippen molar-refractivity contribution in [2.75, 3.05) is 9.80 Å². The quantitative estimate of drug-likeness (QED) is 0.101. The van der Waals surface area contributed by atoms with Gasteiger partial charge in [0, 0.05) is 39.4 Å². The average Bonchev–Trinajstić information content (AvgIpc) is 3.55. The lowest BCUT2D eigenvalue weighted by molar-refractivity contribution is 0.660. The van der Waals surface area contributed by atoms with Crippen molar-refractivity contribution >= 4 is 62.9 Å². The highest BCUT2D eigenvalue weighted by atomic mass is 28.3. The van der Waals surface area contributed by atoms with E-state index >= 15 is 0 Å². The van der Waals surface area contributed by atoms with E-state index in [1.54, 1.807) is 0 Å². The van der Waals surface area contributed by atoms with Crippen molar-refractivity contribution in [1.82, 2.24) is 0 Å². The third-order valence-electron chi connectivity index (χ3n) is 12.4. The number of hydrogen-bond donors (Lipinski definition) is 0. The molecule has 60 heavy (non-hydrogen) atoms. The van der Waals surface area contributed by atoms with Crippen LogP contribution in [-0.2, 0) is 5.41 Å². The fraction of sp³-hybridized carbons (Fsp3) is 0.0526. The summed E-state index contributed by atoms with van der Waals surface area (Å²) in [4.78, 5) is 4.93. The first kappa shape index (κ1) is 37.1. The highest BCUT2D eigenvalue weighted by Gasteiger charge is 2.45. The van der Waals surface area contributed by atoms with Crippen LogP contribution in [0.15, 0.2) is 243 Å². The third-order valence-corrected chi connectivity index (χ3v) is 17.2. The normalized spacial score (nSPS) is 12.6. The Labute approximate surface area is 355 Å². The molecule has 10 rings (SSSR count). The number of benzene rings is 9. The van der Waals surface area contributed by atoms with Crippen LogP contribution in [0.25, 0.3) is 11.1 Å². The second-order valence-electron chi connectivity index (χ2n) is 16.1. The number of anilines is 6. The number of hydrogen-bond acceptors (Lipinski definition) is 2. The van der Waals surface area contributed by atoms with Crippen molar-refractivity contribution in [2.45, 2.75) is 19.3 Å². The molecule has 0 spiro atoms. The lowest BCUT2D eigenvalue weighted by atomic mass is 9.82. The topological polar surface area (TPSA) is 6.48 Å². The van der Waals surface area contributed by atoms with Gasteiger partial charge in [0.05, 0.1) is 5.69 Å². The molecule has 1 aliphatic carbocycles. The summed E-state index contributed by atoms with van der Waals surface area (Å²) in [5, 5.41) is 5.27. The third kappa shape index (κ3) is 6.18. The van der Waals surface area contributed by atoms with Gasteiger partial charge >= 0.3 is 0 Å². The van der Waals surface area contributed by atoms with Gasteiger partial charge in [-0.25, -0.2) is 0 Å². The van der Waals surface area contributed by atoms with Gasteiger partial charge in [0.25, 0.3) is 0 Å². The van der Waals surface area contributed by atoms with E-state index < -0.39 is 8.07 Å². The molecule has 3 heteroatoms. The molecule has 9 aromatic carbocycles. The summed E-state index contributed by atoms with van der Waals surface area (Å²) >= 11 is 0. The zero-order valence-corrected chi connectivity index (χ0v) is 35.0. The maximum Gasteiger partial charge on any atom is 0.181 e. The van der Waals surface area contributed by atoms with Crippen LogP contribution in [0.3, 0.4) is 0 Å². The van der Waals surface area contributed by atoms with Crippen molar-refractivity contribution < 1.29 is 0 Å². The molecule has 0 bridgehead atoms. The molecule has 0 fully saturated rings. The highest BCUT2D eigenvalue weighted by Crippen LogP contribution is 2.54. The second kappa shape index (κ2) is 15.5. The number of fused-ring (bicyclic) bond motifs is 3. The molecule has 0 saturated heterocycles. The van der Waals surface area contributed by atoms with E-state index in [-0.39, 0.29) is 5.41 Å². The zero-order chi connectivity index (χ0) is 40.5. The van der Waals surface area contributed by atoms with E-state index in [1.807, 2.05) is 0 Å². The molecule has 0 unspecified atom stereocenters. The molecule has 0 heterocycles. The van der Waals surface area contributed by atoms with Crippen molar-refractivity contribution in [3.63, 3.8) is 0 Å². The van der Waals surface area contributed by atoms with Crippen LogP contribution in [0.5, 0.6) is 0 Å². The molecule has 288 valence electrons. The van der Waals surface area contributed by atoms with E-state index in [0.717, 1.165) is 22.7 Å². The fourth-order valence-corrected chi connectivity index (χ4v) is 14.7. The molecule has 0 aliphatic heterocycles. The predicted molar refractivity (Wildman–Crippen MR) is 257 cm³/mol. The smallest absolute Gasteiger partial charge is 0.181 e. The van der Waals surface area contributed by atoms with E-state index in [4.69, 9.17) is 0 Å². The van der Waals surface area contributed by atoms with Crippen molar-refractivity contribution in [3.8, 4) is 11.1 Å². The van der Waals surface area contributed by atoms with Crippen LogP contribution >= 0.6 is 0 Å². The van der Waals surface area contributed by atoms with Gasteiger partial charge in [-0.2, -0.15) is 0 Å². The monoisotopic (exact) mass is 786 g/mol. The molecule has 0 N–H and O–H groups in total. The average molecular weight is 787 g/mol. The lowest BCUT2D eigenvalue weighted by Crippen LogP contribution is -2.75. The van der Waals surface area contributed by atoms with Gasteiger partial charge in [-0.3, -0.25) is 0 Å². The maximum atomic E-state index is 2.55. The number of para-hydroxylation sites is 4. The maximum absolute atomic E-state index is 3.15. The molecule has 0 atom stereocenters. The van der Waals surface area contributed by atoms with Crippen LogP contribution in [0.1, 0.15) is 25.0 Å². The summed E-state index contributed by atoms with van der Waals surface area (Å²) in [6, 6.07) is 89.5. The molecule has 0 amide bonds. The minimum Gasteiger partial charge on any atom is -0.311 e. The molecular weight excluding hydrogens is 741 g/mol. The van der Waals surface area contributed by atoms with Gasteiger partial charge < -0.3 is 9.80 Å². The first-order chi connectivity index (χ1) is 29.6. The Balaban J connectivity index is 1.29. The Morgan fingerprint density at radius 1 is 0.333 bits per heavy atom. The predicted octanol–water partition coefficient (Wildman–Crippen LogP) is 12.3. The van der Waals surface area contributed by atoms with Gasteiger partial charge in [0.1, 0.15) is 0 Å². The molecular formula is C57H46N2Si. The summed E-state index contributed by atoms with van der Waals surface area (Å²) in [6.45, 7) is 4.73. The van der Waals surface area contributed by atoms with Crippen molar-refractivity contribution in [2.24, 2.45) is 0 Å². The van der Waals surface area contributed by atoms with E-state index in [0.29, 0.717) is 0 Å². The molecule has 0 radical (unpaired) electrons. The Morgan fingerprint density at radius 2 is 0.750 bits per heavy atom. The summed E-state index contributed by atoms with van der Waals surface area (Å²) in [5.41, 5.74) is 12.0. The first-order valence-electron chi connectivity index (χ1n) is 20.9. The zero-order valence-electron chi connectivity index (χ0n) is 34.0. The van der Waals surface area contributed by atoms with Crippen LogP contribution in [0, 0.1) is 0 Å². The molecule has 1 aliphatic rings.